The summed E-state index contributed by atoms with van der Waals surface area (Å²) in [6, 6.07) is 0. The van der Waals surface area contributed by atoms with Crippen molar-refractivity contribution < 1.29 is 9.53 Å². The Morgan fingerprint density at radius 2 is 1.33 bits per heavy atom. The van der Waals surface area contributed by atoms with Gasteiger partial charge in [0.25, 0.3) is 0 Å². The fraction of sp³-hybridized carbons (Fsp3) is 0.850. The Hall–Kier alpha value is 0.170. The van der Waals surface area contributed by atoms with E-state index in [0.29, 0.717) is 15.2 Å². The molecule has 0 aromatic heterocycles. The minimum atomic E-state index is -0.271. The van der Waals surface area contributed by atoms with Gasteiger partial charge in [-0.25, -0.2) is 4.79 Å². The minimum Gasteiger partial charge on any atom is -0.466 e. The molecule has 4 heteroatoms. The number of rotatable bonds is 16. The van der Waals surface area contributed by atoms with Gasteiger partial charge in [-0.3, -0.25) is 0 Å². The van der Waals surface area contributed by atoms with Crippen LogP contribution in [0.4, 0.5) is 0 Å². The summed E-state index contributed by atoms with van der Waals surface area (Å²) in [7, 11) is 1.41. The van der Waals surface area contributed by atoms with Gasteiger partial charge in [0, 0.05) is 15.2 Å². The van der Waals surface area contributed by atoms with E-state index < -0.39 is 0 Å². The van der Waals surface area contributed by atoms with Crippen molar-refractivity contribution in [3.05, 3.63) is 12.2 Å². The van der Waals surface area contributed by atoms with Crippen molar-refractivity contribution in [2.45, 2.75) is 100 Å². The summed E-state index contributed by atoms with van der Waals surface area (Å²) in [6.45, 7) is 6.02. The molecule has 142 valence electrons. The van der Waals surface area contributed by atoms with E-state index in [2.05, 4.69) is 50.1 Å². The summed E-state index contributed by atoms with van der Waals surface area (Å²) >= 11 is 7.68. The van der Waals surface area contributed by atoms with Gasteiger partial charge in [0.05, 0.1) is 7.11 Å². The summed E-state index contributed by atoms with van der Waals surface area (Å²) in [4.78, 5) is 12.4. The van der Waals surface area contributed by atoms with Crippen LogP contribution in [0.3, 0.4) is 0 Å². The molecule has 0 N–H and O–H groups in total. The van der Waals surface area contributed by atoms with Crippen molar-refractivity contribution in [1.82, 2.24) is 0 Å². The van der Waals surface area contributed by atoms with Crippen LogP contribution in [0.2, 0.25) is 0 Å². The second-order valence-corrected chi connectivity index (χ2v) is 8.99. The molecule has 0 bridgehead atoms. The van der Waals surface area contributed by atoms with E-state index in [9.17, 15) is 4.79 Å². The van der Waals surface area contributed by atoms with Crippen molar-refractivity contribution in [2.75, 3.05) is 7.11 Å². The SMILES string of the molecule is C=C(CCCCCC[C@H](Br)[C@H](Br)CCCCCCCC)C(=O)OC. The molecule has 0 rings (SSSR count). The first-order chi connectivity index (χ1) is 11.5. The minimum absolute atomic E-state index is 0.271. The number of methoxy groups -OCH3 is 1. The van der Waals surface area contributed by atoms with Crippen LogP contribution < -0.4 is 0 Å². The molecule has 0 saturated heterocycles. The molecular weight excluding hydrogens is 432 g/mol. The molecule has 0 fully saturated rings. The molecule has 2 atom stereocenters. The lowest BCUT2D eigenvalue weighted by Gasteiger charge is -2.16. The number of ether oxygens (including phenoxy) is 1. The fourth-order valence-electron chi connectivity index (χ4n) is 2.76. The van der Waals surface area contributed by atoms with Crippen LogP contribution in [0.25, 0.3) is 0 Å². The van der Waals surface area contributed by atoms with E-state index in [1.807, 2.05) is 0 Å². The van der Waals surface area contributed by atoms with Crippen molar-refractivity contribution in [2.24, 2.45) is 0 Å². The van der Waals surface area contributed by atoms with Crippen LogP contribution in [0.15, 0.2) is 12.2 Å². The van der Waals surface area contributed by atoms with Gasteiger partial charge in [-0.2, -0.15) is 0 Å². The van der Waals surface area contributed by atoms with Crippen LogP contribution in [0, 0.1) is 0 Å². The average molecular weight is 468 g/mol. The van der Waals surface area contributed by atoms with Gasteiger partial charge in [-0.05, 0) is 25.7 Å². The molecular formula is C20H36Br2O2. The van der Waals surface area contributed by atoms with Crippen LogP contribution in [0.5, 0.6) is 0 Å². The summed E-state index contributed by atoms with van der Waals surface area (Å²) in [5, 5.41) is 0. The van der Waals surface area contributed by atoms with E-state index in [0.717, 1.165) is 19.3 Å². The first kappa shape index (κ1) is 24.2. The van der Waals surface area contributed by atoms with E-state index in [4.69, 9.17) is 0 Å². The van der Waals surface area contributed by atoms with Gasteiger partial charge in [0.2, 0.25) is 0 Å². The maximum atomic E-state index is 11.2. The van der Waals surface area contributed by atoms with Crippen molar-refractivity contribution in [3.63, 3.8) is 0 Å². The number of carbonyl (C=O) groups is 1. The standard InChI is InChI=1S/C20H36Br2O2/c1-4-5-6-7-8-12-15-18(21)19(22)16-13-10-9-11-14-17(2)20(23)24-3/h18-19H,2,4-16H2,1,3H3/t18-,19+/m1/s1. The molecule has 0 amide bonds. The third kappa shape index (κ3) is 13.5. The zero-order chi connectivity index (χ0) is 18.2. The molecule has 0 aliphatic rings. The Morgan fingerprint density at radius 1 is 0.875 bits per heavy atom. The quantitative estimate of drug-likeness (QED) is 0.103. The average Bonchev–Trinajstić information content (AvgIpc) is 2.59. The highest BCUT2D eigenvalue weighted by molar-refractivity contribution is 9.12. The number of hydrogen-bond acceptors (Lipinski definition) is 2. The van der Waals surface area contributed by atoms with Gasteiger partial charge < -0.3 is 4.74 Å². The fourth-order valence-corrected chi connectivity index (χ4v) is 3.94. The van der Waals surface area contributed by atoms with Gasteiger partial charge in [-0.15, -0.1) is 0 Å². The maximum Gasteiger partial charge on any atom is 0.333 e. The molecule has 0 spiro atoms. The lowest BCUT2D eigenvalue weighted by atomic mass is 10.0. The Labute approximate surface area is 166 Å². The van der Waals surface area contributed by atoms with Gasteiger partial charge in [0.15, 0.2) is 0 Å². The molecule has 0 radical (unpaired) electrons. The zero-order valence-electron chi connectivity index (χ0n) is 15.6. The molecule has 0 unspecified atom stereocenters. The zero-order valence-corrected chi connectivity index (χ0v) is 18.8. The Bertz CT molecular complexity index is 332. The van der Waals surface area contributed by atoms with Gasteiger partial charge in [-0.1, -0.05) is 103 Å². The highest BCUT2D eigenvalue weighted by atomic mass is 79.9. The lowest BCUT2D eigenvalue weighted by Crippen LogP contribution is -2.13. The third-order valence-corrected chi connectivity index (χ3v) is 7.31. The van der Waals surface area contributed by atoms with Gasteiger partial charge >= 0.3 is 5.97 Å². The highest BCUT2D eigenvalue weighted by Crippen LogP contribution is 2.25. The molecule has 0 heterocycles. The monoisotopic (exact) mass is 466 g/mol. The number of esters is 1. The molecule has 24 heavy (non-hydrogen) atoms. The summed E-state index contributed by atoms with van der Waals surface area (Å²) in [5.41, 5.74) is 0.593. The van der Waals surface area contributed by atoms with Gasteiger partial charge in [0.1, 0.15) is 0 Å². The smallest absolute Gasteiger partial charge is 0.333 e. The molecule has 2 nitrogen and oxygen atoms in total. The van der Waals surface area contributed by atoms with E-state index in [1.165, 1.54) is 71.3 Å². The number of halogens is 2. The number of hydrogen-bond donors (Lipinski definition) is 0. The summed E-state index contributed by atoms with van der Waals surface area (Å²) in [6.07, 6.45) is 16.0. The Morgan fingerprint density at radius 3 is 1.83 bits per heavy atom. The summed E-state index contributed by atoms with van der Waals surface area (Å²) < 4.78 is 4.66. The van der Waals surface area contributed by atoms with Crippen molar-refractivity contribution in [1.29, 1.82) is 0 Å². The normalized spacial score (nSPS) is 13.5. The predicted octanol–water partition coefficient (Wildman–Crippen LogP) is 7.33. The predicted molar refractivity (Wildman–Crippen MR) is 112 cm³/mol. The van der Waals surface area contributed by atoms with Crippen molar-refractivity contribution >= 4 is 37.8 Å². The first-order valence-corrected chi connectivity index (χ1v) is 11.4. The van der Waals surface area contributed by atoms with Crippen molar-refractivity contribution in [3.8, 4) is 0 Å². The van der Waals surface area contributed by atoms with E-state index >= 15 is 0 Å². The lowest BCUT2D eigenvalue weighted by molar-refractivity contribution is -0.136. The number of carbonyl (C=O) groups excluding carboxylic acids is 1. The Kier molecular flexibility index (Phi) is 16.7. The first-order valence-electron chi connectivity index (χ1n) is 9.57. The largest absolute Gasteiger partial charge is 0.466 e. The summed E-state index contributed by atoms with van der Waals surface area (Å²) in [5.74, 6) is -0.271. The highest BCUT2D eigenvalue weighted by Gasteiger charge is 2.14. The van der Waals surface area contributed by atoms with Crippen LogP contribution >= 0.6 is 31.9 Å². The second kappa shape index (κ2) is 16.6. The second-order valence-electron chi connectivity index (χ2n) is 6.64. The molecule has 0 aliphatic carbocycles. The molecule has 0 saturated carbocycles. The van der Waals surface area contributed by atoms with E-state index in [-0.39, 0.29) is 5.97 Å². The van der Waals surface area contributed by atoms with Crippen LogP contribution in [-0.2, 0) is 9.53 Å². The molecule has 0 aliphatic heterocycles. The molecule has 0 aromatic rings. The maximum absolute atomic E-state index is 11.2. The molecule has 0 aromatic carbocycles. The Balaban J connectivity index is 3.52. The van der Waals surface area contributed by atoms with Crippen LogP contribution in [0.1, 0.15) is 90.4 Å². The van der Waals surface area contributed by atoms with Crippen LogP contribution in [-0.4, -0.2) is 22.7 Å². The third-order valence-electron chi connectivity index (χ3n) is 4.41. The van der Waals surface area contributed by atoms with E-state index in [1.54, 1.807) is 0 Å². The number of alkyl halides is 2. The topological polar surface area (TPSA) is 26.3 Å². The number of unbranched alkanes of at least 4 members (excludes halogenated alkanes) is 8.